The molecule has 0 saturated carbocycles. The number of carbonyl (C=O) groups is 1. The molecule has 4 nitrogen and oxygen atoms in total. The van der Waals surface area contributed by atoms with Gasteiger partial charge in [-0.25, -0.2) is 4.98 Å². The SMILES string of the molecule is NC1CC(=O)N(c2nc3c(s2)CCC3)C1. The van der Waals surface area contributed by atoms with Gasteiger partial charge in [-0.1, -0.05) is 0 Å². The summed E-state index contributed by atoms with van der Waals surface area (Å²) >= 11 is 1.66. The zero-order valence-corrected chi connectivity index (χ0v) is 9.22. The van der Waals surface area contributed by atoms with Gasteiger partial charge in [0, 0.05) is 23.9 Å². The smallest absolute Gasteiger partial charge is 0.230 e. The van der Waals surface area contributed by atoms with Crippen molar-refractivity contribution in [3.8, 4) is 0 Å². The maximum absolute atomic E-state index is 11.6. The molecule has 2 heterocycles. The van der Waals surface area contributed by atoms with Crippen LogP contribution in [0, 0.1) is 0 Å². The van der Waals surface area contributed by atoms with E-state index in [2.05, 4.69) is 4.98 Å². The molecule has 1 aromatic rings. The summed E-state index contributed by atoms with van der Waals surface area (Å²) in [4.78, 5) is 19.3. The Bertz CT molecular complexity index is 393. The molecule has 0 bridgehead atoms. The summed E-state index contributed by atoms with van der Waals surface area (Å²) in [5.74, 6) is 0.120. The molecule has 15 heavy (non-hydrogen) atoms. The summed E-state index contributed by atoms with van der Waals surface area (Å²) in [5, 5.41) is 0.859. The zero-order chi connectivity index (χ0) is 10.4. The normalized spacial score (nSPS) is 25.0. The average Bonchev–Trinajstić information content (AvgIpc) is 2.77. The third-order valence-electron chi connectivity index (χ3n) is 2.97. The number of carbonyl (C=O) groups excluding carboxylic acids is 1. The molecule has 3 rings (SSSR count). The Hall–Kier alpha value is -0.940. The molecule has 1 aromatic heterocycles. The minimum atomic E-state index is -0.0174. The highest BCUT2D eigenvalue weighted by atomic mass is 32.1. The fourth-order valence-electron chi connectivity index (χ4n) is 2.21. The van der Waals surface area contributed by atoms with Crippen molar-refractivity contribution in [3.05, 3.63) is 10.6 Å². The highest BCUT2D eigenvalue weighted by Crippen LogP contribution is 2.34. The first kappa shape index (κ1) is 9.30. The second-order valence-electron chi connectivity index (χ2n) is 4.19. The predicted octanol–water partition coefficient (Wildman–Crippen LogP) is 0.696. The van der Waals surface area contributed by atoms with Crippen LogP contribution in [0.1, 0.15) is 23.4 Å². The van der Waals surface area contributed by atoms with Crippen molar-refractivity contribution in [1.29, 1.82) is 0 Å². The number of anilines is 1. The van der Waals surface area contributed by atoms with E-state index in [1.54, 1.807) is 16.2 Å². The molecule has 1 unspecified atom stereocenters. The molecule has 1 saturated heterocycles. The maximum Gasteiger partial charge on any atom is 0.230 e. The molecule has 0 aromatic carbocycles. The molecule has 2 N–H and O–H groups in total. The number of thiazole rings is 1. The van der Waals surface area contributed by atoms with Gasteiger partial charge in [-0.3, -0.25) is 9.69 Å². The lowest BCUT2D eigenvalue weighted by Crippen LogP contribution is -2.27. The molecule has 80 valence electrons. The van der Waals surface area contributed by atoms with Crippen LogP contribution in [-0.2, 0) is 17.6 Å². The van der Waals surface area contributed by atoms with Crippen molar-refractivity contribution in [2.24, 2.45) is 5.73 Å². The van der Waals surface area contributed by atoms with Gasteiger partial charge in [0.2, 0.25) is 5.91 Å². The number of nitrogens with two attached hydrogens (primary N) is 1. The Balaban J connectivity index is 1.90. The van der Waals surface area contributed by atoms with E-state index in [1.807, 2.05) is 0 Å². The molecule has 2 aliphatic rings. The average molecular weight is 223 g/mol. The number of amides is 1. The van der Waals surface area contributed by atoms with Crippen LogP contribution >= 0.6 is 11.3 Å². The Labute approximate surface area is 92.1 Å². The van der Waals surface area contributed by atoms with Gasteiger partial charge in [0.25, 0.3) is 0 Å². The molecule has 1 aliphatic carbocycles. The van der Waals surface area contributed by atoms with Gasteiger partial charge >= 0.3 is 0 Å². The Morgan fingerprint density at radius 3 is 3.00 bits per heavy atom. The summed E-state index contributed by atoms with van der Waals surface area (Å²) in [7, 11) is 0. The van der Waals surface area contributed by atoms with E-state index in [4.69, 9.17) is 5.73 Å². The Morgan fingerprint density at radius 1 is 1.47 bits per heavy atom. The number of hydrogen-bond donors (Lipinski definition) is 1. The topological polar surface area (TPSA) is 59.2 Å². The Kier molecular flexibility index (Phi) is 2.03. The summed E-state index contributed by atoms with van der Waals surface area (Å²) in [6.07, 6.45) is 3.87. The minimum Gasteiger partial charge on any atom is -0.326 e. The van der Waals surface area contributed by atoms with Gasteiger partial charge in [0.1, 0.15) is 0 Å². The predicted molar refractivity (Wildman–Crippen MR) is 59.1 cm³/mol. The molecule has 0 spiro atoms. The molecule has 1 fully saturated rings. The van der Waals surface area contributed by atoms with Gasteiger partial charge in [-0.05, 0) is 19.3 Å². The highest BCUT2D eigenvalue weighted by molar-refractivity contribution is 7.16. The van der Waals surface area contributed by atoms with Gasteiger partial charge in [0.15, 0.2) is 5.13 Å². The number of nitrogens with zero attached hydrogens (tertiary/aromatic N) is 2. The monoisotopic (exact) mass is 223 g/mol. The fourth-order valence-corrected chi connectivity index (χ4v) is 3.39. The van der Waals surface area contributed by atoms with E-state index < -0.39 is 0 Å². The van der Waals surface area contributed by atoms with E-state index in [1.165, 1.54) is 17.0 Å². The van der Waals surface area contributed by atoms with Gasteiger partial charge in [-0.2, -0.15) is 0 Å². The molecular formula is C10H13N3OS. The molecule has 0 radical (unpaired) electrons. The molecule has 5 heteroatoms. The van der Waals surface area contributed by atoms with E-state index >= 15 is 0 Å². The third-order valence-corrected chi connectivity index (χ3v) is 4.15. The van der Waals surface area contributed by atoms with Crippen LogP contribution in [-0.4, -0.2) is 23.5 Å². The number of fused-ring (bicyclic) bond motifs is 1. The minimum absolute atomic E-state index is 0.0174. The van der Waals surface area contributed by atoms with Crippen molar-refractivity contribution in [3.63, 3.8) is 0 Å². The van der Waals surface area contributed by atoms with Crippen LogP contribution in [0.2, 0.25) is 0 Å². The Morgan fingerprint density at radius 2 is 2.33 bits per heavy atom. The van der Waals surface area contributed by atoms with Gasteiger partial charge in [0.05, 0.1) is 5.69 Å². The molecular weight excluding hydrogens is 210 g/mol. The second-order valence-corrected chi connectivity index (χ2v) is 5.25. The standard InChI is InChI=1S/C10H13N3OS/c11-6-4-9(14)13(5-6)10-12-7-2-1-3-8(7)15-10/h6H,1-5,11H2. The van der Waals surface area contributed by atoms with Crippen LogP contribution in [0.25, 0.3) is 0 Å². The number of aryl methyl sites for hydroxylation is 2. The molecule has 1 amide bonds. The van der Waals surface area contributed by atoms with Crippen LogP contribution in [0.4, 0.5) is 5.13 Å². The van der Waals surface area contributed by atoms with E-state index in [0.29, 0.717) is 13.0 Å². The van der Waals surface area contributed by atoms with Crippen LogP contribution in [0.5, 0.6) is 0 Å². The molecule has 1 aliphatic heterocycles. The summed E-state index contributed by atoms with van der Waals surface area (Å²) in [6, 6.07) is -0.0174. The third kappa shape index (κ3) is 1.46. The van der Waals surface area contributed by atoms with Crippen molar-refractivity contribution >= 4 is 22.4 Å². The van der Waals surface area contributed by atoms with Gasteiger partial charge < -0.3 is 5.73 Å². The lowest BCUT2D eigenvalue weighted by molar-refractivity contribution is -0.117. The summed E-state index contributed by atoms with van der Waals surface area (Å²) in [6.45, 7) is 0.630. The van der Waals surface area contributed by atoms with Crippen molar-refractivity contribution in [1.82, 2.24) is 4.98 Å². The largest absolute Gasteiger partial charge is 0.326 e. The first-order valence-electron chi connectivity index (χ1n) is 5.28. The van der Waals surface area contributed by atoms with E-state index in [9.17, 15) is 4.79 Å². The van der Waals surface area contributed by atoms with Crippen molar-refractivity contribution in [2.45, 2.75) is 31.7 Å². The maximum atomic E-state index is 11.6. The number of rotatable bonds is 1. The zero-order valence-electron chi connectivity index (χ0n) is 8.40. The van der Waals surface area contributed by atoms with Crippen LogP contribution in [0.3, 0.4) is 0 Å². The fraction of sp³-hybridized carbons (Fsp3) is 0.600. The van der Waals surface area contributed by atoms with Crippen molar-refractivity contribution < 1.29 is 4.79 Å². The number of hydrogen-bond acceptors (Lipinski definition) is 4. The first-order chi connectivity index (χ1) is 7.24. The second kappa shape index (κ2) is 3.28. The van der Waals surface area contributed by atoms with Crippen LogP contribution < -0.4 is 10.6 Å². The summed E-state index contributed by atoms with van der Waals surface area (Å²) in [5.41, 5.74) is 6.96. The summed E-state index contributed by atoms with van der Waals surface area (Å²) < 4.78 is 0. The van der Waals surface area contributed by atoms with E-state index in [0.717, 1.165) is 18.0 Å². The van der Waals surface area contributed by atoms with Crippen molar-refractivity contribution in [2.75, 3.05) is 11.4 Å². The molecule has 1 atom stereocenters. The quantitative estimate of drug-likeness (QED) is 0.762. The van der Waals surface area contributed by atoms with Gasteiger partial charge in [-0.15, -0.1) is 11.3 Å². The van der Waals surface area contributed by atoms with Crippen LogP contribution in [0.15, 0.2) is 0 Å². The first-order valence-corrected chi connectivity index (χ1v) is 6.10. The lowest BCUT2D eigenvalue weighted by Gasteiger charge is -2.11. The number of aromatic nitrogens is 1. The highest BCUT2D eigenvalue weighted by Gasteiger charge is 2.31. The lowest BCUT2D eigenvalue weighted by atomic mass is 10.3. The van der Waals surface area contributed by atoms with E-state index in [-0.39, 0.29) is 11.9 Å².